The van der Waals surface area contributed by atoms with E-state index in [9.17, 15) is 4.79 Å². The molecule has 0 heterocycles. The van der Waals surface area contributed by atoms with Crippen LogP contribution in [0.3, 0.4) is 0 Å². The van der Waals surface area contributed by atoms with Crippen molar-refractivity contribution in [2.45, 2.75) is 13.8 Å². The normalized spacial score (nSPS) is 9.29. The van der Waals surface area contributed by atoms with Gasteiger partial charge in [-0.3, -0.25) is 4.79 Å². The highest BCUT2D eigenvalue weighted by atomic mass is 16.5. The SMILES string of the molecule is COc1cc(C)cc(C)c1C(=O)C#N. The van der Waals surface area contributed by atoms with Gasteiger partial charge in [0.25, 0.3) is 5.78 Å². The number of ketones is 1. The minimum atomic E-state index is -0.556. The second kappa shape index (κ2) is 3.93. The maximum atomic E-state index is 11.3. The highest BCUT2D eigenvalue weighted by Gasteiger charge is 2.14. The van der Waals surface area contributed by atoms with Crippen LogP contribution in [0.4, 0.5) is 0 Å². The van der Waals surface area contributed by atoms with Gasteiger partial charge in [-0.25, -0.2) is 0 Å². The molecule has 0 aliphatic rings. The number of carbonyl (C=O) groups excluding carboxylic acids is 1. The lowest BCUT2D eigenvalue weighted by molar-refractivity contribution is 0.105. The summed E-state index contributed by atoms with van der Waals surface area (Å²) in [5.74, 6) is -0.0894. The van der Waals surface area contributed by atoms with Crippen LogP contribution in [0.5, 0.6) is 5.75 Å². The van der Waals surface area contributed by atoms with Gasteiger partial charge in [0.05, 0.1) is 12.7 Å². The molecule has 3 heteroatoms. The number of benzene rings is 1. The van der Waals surface area contributed by atoms with Gasteiger partial charge in [-0.05, 0) is 31.0 Å². The first-order chi connectivity index (χ1) is 6.60. The maximum Gasteiger partial charge on any atom is 0.266 e. The molecule has 0 fully saturated rings. The Labute approximate surface area is 82.9 Å². The molecular weight excluding hydrogens is 178 g/mol. The molecule has 0 amide bonds. The van der Waals surface area contributed by atoms with Gasteiger partial charge in [0.2, 0.25) is 0 Å². The van der Waals surface area contributed by atoms with E-state index in [2.05, 4.69) is 0 Å². The van der Waals surface area contributed by atoms with Crippen LogP contribution in [0.2, 0.25) is 0 Å². The van der Waals surface area contributed by atoms with Crippen molar-refractivity contribution in [2.24, 2.45) is 0 Å². The van der Waals surface area contributed by atoms with E-state index in [0.717, 1.165) is 11.1 Å². The van der Waals surface area contributed by atoms with E-state index in [1.54, 1.807) is 19.1 Å². The Kier molecular flexibility index (Phi) is 2.88. The summed E-state index contributed by atoms with van der Waals surface area (Å²) in [4.78, 5) is 11.3. The second-order valence-electron chi connectivity index (χ2n) is 3.10. The number of nitriles is 1. The highest BCUT2D eigenvalue weighted by molar-refractivity contribution is 6.10. The van der Waals surface area contributed by atoms with Gasteiger partial charge in [-0.2, -0.15) is 5.26 Å². The first-order valence-electron chi connectivity index (χ1n) is 4.19. The van der Waals surface area contributed by atoms with Gasteiger partial charge >= 0.3 is 0 Å². The smallest absolute Gasteiger partial charge is 0.266 e. The van der Waals surface area contributed by atoms with Crippen molar-refractivity contribution in [1.29, 1.82) is 5.26 Å². The number of methoxy groups -OCH3 is 1. The maximum absolute atomic E-state index is 11.3. The predicted molar refractivity (Wildman–Crippen MR) is 52.4 cm³/mol. The third-order valence-electron chi connectivity index (χ3n) is 1.99. The fraction of sp³-hybridized carbons (Fsp3) is 0.273. The van der Waals surface area contributed by atoms with E-state index in [0.29, 0.717) is 11.3 Å². The summed E-state index contributed by atoms with van der Waals surface area (Å²) in [6.45, 7) is 3.70. The Morgan fingerprint density at radius 1 is 1.43 bits per heavy atom. The second-order valence-corrected chi connectivity index (χ2v) is 3.10. The zero-order valence-electron chi connectivity index (χ0n) is 8.42. The molecule has 72 valence electrons. The molecule has 0 aliphatic carbocycles. The standard InChI is InChI=1S/C11H11NO2/c1-7-4-8(2)11(9(13)6-12)10(5-7)14-3/h4-5H,1-3H3. The van der Waals surface area contributed by atoms with E-state index < -0.39 is 5.78 Å². The summed E-state index contributed by atoms with van der Waals surface area (Å²) in [5, 5.41) is 8.55. The van der Waals surface area contributed by atoms with E-state index in [-0.39, 0.29) is 0 Å². The first-order valence-corrected chi connectivity index (χ1v) is 4.19. The van der Waals surface area contributed by atoms with E-state index >= 15 is 0 Å². The minimum Gasteiger partial charge on any atom is -0.496 e. The number of ether oxygens (including phenoxy) is 1. The summed E-state index contributed by atoms with van der Waals surface area (Å²) in [7, 11) is 1.49. The van der Waals surface area contributed by atoms with Crippen LogP contribution in [0, 0.1) is 25.2 Å². The van der Waals surface area contributed by atoms with Crippen molar-refractivity contribution < 1.29 is 9.53 Å². The average molecular weight is 189 g/mol. The number of aryl methyl sites for hydroxylation is 2. The summed E-state index contributed by atoms with van der Waals surface area (Å²) in [6.07, 6.45) is 0. The number of hydrogen-bond acceptors (Lipinski definition) is 3. The third-order valence-corrected chi connectivity index (χ3v) is 1.99. The van der Waals surface area contributed by atoms with Gasteiger partial charge in [0.1, 0.15) is 11.8 Å². The molecule has 0 unspecified atom stereocenters. The molecule has 1 aromatic rings. The predicted octanol–water partition coefficient (Wildman–Crippen LogP) is 2.02. The number of carbonyl (C=O) groups is 1. The monoisotopic (exact) mass is 189 g/mol. The lowest BCUT2D eigenvalue weighted by atomic mass is 10.0. The van der Waals surface area contributed by atoms with Gasteiger partial charge in [-0.15, -0.1) is 0 Å². The zero-order chi connectivity index (χ0) is 10.7. The summed E-state index contributed by atoms with van der Waals surface area (Å²) < 4.78 is 5.06. The van der Waals surface area contributed by atoms with Crippen molar-refractivity contribution in [3.05, 3.63) is 28.8 Å². The third kappa shape index (κ3) is 1.74. The molecule has 1 aromatic carbocycles. The Bertz CT molecular complexity index is 416. The molecule has 0 N–H and O–H groups in total. The van der Waals surface area contributed by atoms with Gasteiger partial charge < -0.3 is 4.74 Å². The van der Waals surface area contributed by atoms with Crippen LogP contribution in [-0.2, 0) is 0 Å². The molecule has 3 nitrogen and oxygen atoms in total. The molecule has 1 rings (SSSR count). The summed E-state index contributed by atoms with van der Waals surface area (Å²) >= 11 is 0. The number of Topliss-reactive ketones (excluding diaryl/α,β-unsaturated/α-hetero) is 1. The topological polar surface area (TPSA) is 50.1 Å². The van der Waals surface area contributed by atoms with Crippen molar-refractivity contribution >= 4 is 5.78 Å². The van der Waals surface area contributed by atoms with Gasteiger partial charge in [0, 0.05) is 0 Å². The molecule has 0 radical (unpaired) electrons. The Balaban J connectivity index is 3.41. The van der Waals surface area contributed by atoms with Crippen LogP contribution in [-0.4, -0.2) is 12.9 Å². The van der Waals surface area contributed by atoms with Gasteiger partial charge in [0.15, 0.2) is 0 Å². The first kappa shape index (κ1) is 10.3. The number of nitrogens with zero attached hydrogens (tertiary/aromatic N) is 1. The molecule has 0 atom stereocenters. The van der Waals surface area contributed by atoms with Crippen LogP contribution in [0.1, 0.15) is 21.5 Å². The Morgan fingerprint density at radius 3 is 2.57 bits per heavy atom. The quantitative estimate of drug-likeness (QED) is 0.528. The molecule has 0 aliphatic heterocycles. The van der Waals surface area contributed by atoms with Gasteiger partial charge in [-0.1, -0.05) is 6.07 Å². The molecule has 0 spiro atoms. The largest absolute Gasteiger partial charge is 0.496 e. The lowest BCUT2D eigenvalue weighted by Gasteiger charge is -2.08. The minimum absolute atomic E-state index is 0.362. The fourth-order valence-corrected chi connectivity index (χ4v) is 1.44. The molecular formula is C11H11NO2. The molecule has 0 saturated carbocycles. The molecule has 14 heavy (non-hydrogen) atoms. The van der Waals surface area contributed by atoms with E-state index in [1.807, 2.05) is 13.0 Å². The lowest BCUT2D eigenvalue weighted by Crippen LogP contribution is -2.02. The van der Waals surface area contributed by atoms with Crippen LogP contribution in [0.15, 0.2) is 12.1 Å². The molecule has 0 saturated heterocycles. The van der Waals surface area contributed by atoms with Crippen molar-refractivity contribution in [3.8, 4) is 11.8 Å². The summed E-state index contributed by atoms with van der Waals surface area (Å²) in [6, 6.07) is 5.20. The van der Waals surface area contributed by atoms with Crippen LogP contribution >= 0.6 is 0 Å². The van der Waals surface area contributed by atoms with Crippen LogP contribution < -0.4 is 4.74 Å². The van der Waals surface area contributed by atoms with E-state index in [4.69, 9.17) is 10.00 Å². The van der Waals surface area contributed by atoms with Crippen LogP contribution in [0.25, 0.3) is 0 Å². The molecule has 0 aromatic heterocycles. The zero-order valence-corrected chi connectivity index (χ0v) is 8.42. The summed E-state index contributed by atoms with van der Waals surface area (Å²) in [5.41, 5.74) is 2.14. The average Bonchev–Trinajstić information content (AvgIpc) is 2.15. The van der Waals surface area contributed by atoms with Crippen molar-refractivity contribution in [2.75, 3.05) is 7.11 Å². The Hall–Kier alpha value is -1.82. The molecule has 0 bridgehead atoms. The number of rotatable bonds is 2. The fourth-order valence-electron chi connectivity index (χ4n) is 1.44. The van der Waals surface area contributed by atoms with E-state index in [1.165, 1.54) is 7.11 Å². The Morgan fingerprint density at radius 2 is 2.07 bits per heavy atom. The van der Waals surface area contributed by atoms with Crippen molar-refractivity contribution in [3.63, 3.8) is 0 Å². The van der Waals surface area contributed by atoms with Crippen molar-refractivity contribution in [1.82, 2.24) is 0 Å². The highest BCUT2D eigenvalue weighted by Crippen LogP contribution is 2.24. The number of hydrogen-bond donors (Lipinski definition) is 0.